The van der Waals surface area contributed by atoms with E-state index >= 15 is 0 Å². The highest BCUT2D eigenvalue weighted by Gasteiger charge is 2.14. The molecule has 0 spiro atoms. The predicted octanol–water partition coefficient (Wildman–Crippen LogP) is 5.33. The number of azo groups is 1. The number of hydrogen-bond donors (Lipinski definition) is 3. The molecule has 3 N–H and O–H groups in total. The molecule has 8 nitrogen and oxygen atoms in total. The molecule has 0 unspecified atom stereocenters. The van der Waals surface area contributed by atoms with E-state index < -0.39 is 0 Å². The largest absolute Gasteiger partial charge is 0.504 e. The highest BCUT2D eigenvalue weighted by Crippen LogP contribution is 2.32. The molecule has 0 bridgehead atoms. The first-order chi connectivity index (χ1) is 14.4. The van der Waals surface area contributed by atoms with Gasteiger partial charge in [-0.1, -0.05) is 40.6 Å². The number of nitrogens with one attached hydrogen (secondary N) is 1. The Labute approximate surface area is 185 Å². The third-order valence-electron chi connectivity index (χ3n) is 3.84. The van der Waals surface area contributed by atoms with Crippen LogP contribution >= 0.6 is 34.5 Å². The first kappa shape index (κ1) is 21.8. The number of carbonyl (C=O) groups excluding carboxylic acids is 1. The van der Waals surface area contributed by atoms with Gasteiger partial charge in [0.25, 0.3) is 0 Å². The molecule has 11 heteroatoms. The van der Waals surface area contributed by atoms with Crippen molar-refractivity contribution < 1.29 is 19.7 Å². The van der Waals surface area contributed by atoms with Crippen molar-refractivity contribution in [1.82, 2.24) is 4.98 Å². The van der Waals surface area contributed by atoms with E-state index in [4.69, 9.17) is 27.9 Å². The van der Waals surface area contributed by atoms with Gasteiger partial charge in [-0.05, 0) is 35.9 Å². The van der Waals surface area contributed by atoms with Crippen LogP contribution in [0.1, 0.15) is 10.4 Å². The molecular weight excluding hydrogens is 451 g/mol. The molecule has 0 aliphatic heterocycles. The highest BCUT2D eigenvalue weighted by atomic mass is 35.5. The van der Waals surface area contributed by atoms with E-state index in [0.717, 1.165) is 16.9 Å². The van der Waals surface area contributed by atoms with Crippen LogP contribution in [0.2, 0.25) is 10.0 Å². The number of phenols is 1. The second kappa shape index (κ2) is 9.75. The van der Waals surface area contributed by atoms with E-state index in [1.165, 1.54) is 19.2 Å². The number of ether oxygens (including phenoxy) is 1. The fourth-order valence-electron chi connectivity index (χ4n) is 2.41. The van der Waals surface area contributed by atoms with E-state index in [9.17, 15) is 15.0 Å². The summed E-state index contributed by atoms with van der Waals surface area (Å²) in [5.74, 6) is -0.256. The van der Waals surface area contributed by atoms with Crippen molar-refractivity contribution in [1.29, 1.82) is 0 Å². The minimum Gasteiger partial charge on any atom is -0.504 e. The summed E-state index contributed by atoms with van der Waals surface area (Å²) in [5, 5.41) is 31.2. The number of phenolic OH excluding ortho intramolecular Hbond substituents is 1. The van der Waals surface area contributed by atoms with Crippen molar-refractivity contribution in [3.05, 3.63) is 56.9 Å². The maximum absolute atomic E-state index is 12.2. The summed E-state index contributed by atoms with van der Waals surface area (Å²) in [4.78, 5) is 16.5. The average molecular weight is 467 g/mol. The molecule has 1 heterocycles. The number of hydrogen-bond acceptors (Lipinski definition) is 8. The number of benzene rings is 2. The van der Waals surface area contributed by atoms with Gasteiger partial charge in [-0.15, -0.1) is 5.11 Å². The number of carbonyl (C=O) groups is 1. The summed E-state index contributed by atoms with van der Waals surface area (Å²) >= 11 is 12.8. The molecule has 3 aromatic rings. The molecule has 1 aromatic heterocycles. The van der Waals surface area contributed by atoms with Crippen LogP contribution in [0.4, 0.5) is 10.8 Å². The number of rotatable bonds is 7. The maximum atomic E-state index is 12.2. The first-order valence-corrected chi connectivity index (χ1v) is 10.1. The Kier molecular flexibility index (Phi) is 7.09. The van der Waals surface area contributed by atoms with Gasteiger partial charge >= 0.3 is 0 Å². The molecule has 0 saturated heterocycles. The Bertz CT molecular complexity index is 1100. The summed E-state index contributed by atoms with van der Waals surface area (Å²) < 4.78 is 5.04. The number of amides is 1. The summed E-state index contributed by atoms with van der Waals surface area (Å²) in [5.41, 5.74) is 1.26. The SMILES string of the molecule is COc1cc(CN=Nc2nc(O)c(CC(=O)Nc3ccc(Cl)c(Cl)c3)s2)ccc1O. The third kappa shape index (κ3) is 5.59. The Hall–Kier alpha value is -2.88. The smallest absolute Gasteiger partial charge is 0.233 e. The molecule has 0 fully saturated rings. The third-order valence-corrected chi connectivity index (χ3v) is 5.51. The Balaban J connectivity index is 1.61. The van der Waals surface area contributed by atoms with Gasteiger partial charge in [0.1, 0.15) is 0 Å². The fourth-order valence-corrected chi connectivity index (χ4v) is 3.50. The molecule has 2 aromatic carbocycles. The normalized spacial score (nSPS) is 11.0. The first-order valence-electron chi connectivity index (χ1n) is 8.52. The van der Waals surface area contributed by atoms with Gasteiger partial charge in [0.15, 0.2) is 11.5 Å². The zero-order valence-corrected chi connectivity index (χ0v) is 17.9. The average Bonchev–Trinajstić information content (AvgIpc) is 3.05. The monoisotopic (exact) mass is 466 g/mol. The number of thiazole rings is 1. The van der Waals surface area contributed by atoms with Crippen LogP contribution in [0.5, 0.6) is 17.4 Å². The van der Waals surface area contributed by atoms with Gasteiger partial charge in [-0.2, -0.15) is 10.1 Å². The summed E-state index contributed by atoms with van der Waals surface area (Å²) in [6.45, 7) is 0.226. The van der Waals surface area contributed by atoms with Gasteiger partial charge in [0.2, 0.25) is 16.9 Å². The van der Waals surface area contributed by atoms with Crippen LogP contribution in [-0.4, -0.2) is 28.2 Å². The molecule has 156 valence electrons. The van der Waals surface area contributed by atoms with Crippen molar-refractivity contribution in [2.75, 3.05) is 12.4 Å². The van der Waals surface area contributed by atoms with Crippen molar-refractivity contribution in [2.45, 2.75) is 13.0 Å². The standard InChI is InChI=1S/C19H16Cl2N4O4S/c1-29-15-6-10(2-5-14(15)26)9-22-25-19-24-18(28)16(30-19)8-17(27)23-11-3-4-12(20)13(21)7-11/h2-7,26,28H,8-9H2,1H3,(H,23,27). The van der Waals surface area contributed by atoms with Crippen molar-refractivity contribution in [3.8, 4) is 17.4 Å². The quantitative estimate of drug-likeness (QED) is 0.406. The number of anilines is 1. The van der Waals surface area contributed by atoms with Crippen LogP contribution in [0.3, 0.4) is 0 Å². The van der Waals surface area contributed by atoms with E-state index in [2.05, 4.69) is 20.5 Å². The Morgan fingerprint density at radius 2 is 2.00 bits per heavy atom. The van der Waals surface area contributed by atoms with E-state index in [1.807, 2.05) is 0 Å². The van der Waals surface area contributed by atoms with E-state index in [1.54, 1.807) is 24.3 Å². The minimum absolute atomic E-state index is 0.0341. The van der Waals surface area contributed by atoms with Crippen LogP contribution in [-0.2, 0) is 17.8 Å². The van der Waals surface area contributed by atoms with Crippen molar-refractivity contribution in [3.63, 3.8) is 0 Å². The summed E-state index contributed by atoms with van der Waals surface area (Å²) in [6.07, 6.45) is -0.0889. The zero-order chi connectivity index (χ0) is 21.7. The number of aromatic nitrogens is 1. The van der Waals surface area contributed by atoms with Gasteiger partial charge in [-0.3, -0.25) is 4.79 Å². The molecule has 0 saturated carbocycles. The number of methoxy groups -OCH3 is 1. The number of nitrogens with zero attached hydrogens (tertiary/aromatic N) is 3. The number of aromatic hydroxyl groups is 2. The second-order valence-electron chi connectivity index (χ2n) is 6.00. The molecule has 0 aliphatic rings. The summed E-state index contributed by atoms with van der Waals surface area (Å²) in [6, 6.07) is 9.57. The van der Waals surface area contributed by atoms with Gasteiger partial charge in [0.05, 0.1) is 35.0 Å². The molecular formula is C19H16Cl2N4O4S. The van der Waals surface area contributed by atoms with E-state index in [0.29, 0.717) is 26.4 Å². The van der Waals surface area contributed by atoms with Gasteiger partial charge < -0.3 is 20.3 Å². The molecule has 30 heavy (non-hydrogen) atoms. The maximum Gasteiger partial charge on any atom is 0.233 e. The number of halogens is 2. The fraction of sp³-hybridized carbons (Fsp3) is 0.158. The second-order valence-corrected chi connectivity index (χ2v) is 7.88. The lowest BCUT2D eigenvalue weighted by atomic mass is 10.2. The molecule has 0 aliphatic carbocycles. The highest BCUT2D eigenvalue weighted by molar-refractivity contribution is 7.15. The van der Waals surface area contributed by atoms with Crippen molar-refractivity contribution >= 4 is 51.3 Å². The van der Waals surface area contributed by atoms with Gasteiger partial charge in [0, 0.05) is 5.69 Å². The van der Waals surface area contributed by atoms with Crippen LogP contribution in [0.25, 0.3) is 0 Å². The lowest BCUT2D eigenvalue weighted by Crippen LogP contribution is -2.13. The molecule has 0 atom stereocenters. The zero-order valence-electron chi connectivity index (χ0n) is 15.6. The predicted molar refractivity (Wildman–Crippen MR) is 115 cm³/mol. The van der Waals surface area contributed by atoms with Crippen LogP contribution in [0, 0.1) is 0 Å². The Morgan fingerprint density at radius 1 is 1.20 bits per heavy atom. The molecule has 1 amide bonds. The van der Waals surface area contributed by atoms with E-state index in [-0.39, 0.29) is 35.6 Å². The lowest BCUT2D eigenvalue weighted by Gasteiger charge is -2.05. The molecule has 0 radical (unpaired) electrons. The Morgan fingerprint density at radius 3 is 2.73 bits per heavy atom. The van der Waals surface area contributed by atoms with Crippen LogP contribution < -0.4 is 10.1 Å². The van der Waals surface area contributed by atoms with Crippen LogP contribution in [0.15, 0.2) is 46.6 Å². The summed E-state index contributed by atoms with van der Waals surface area (Å²) in [7, 11) is 1.46. The minimum atomic E-state index is -0.355. The lowest BCUT2D eigenvalue weighted by molar-refractivity contribution is -0.115. The molecule has 3 rings (SSSR count). The van der Waals surface area contributed by atoms with Crippen molar-refractivity contribution in [2.24, 2.45) is 10.2 Å². The van der Waals surface area contributed by atoms with Gasteiger partial charge in [-0.25, -0.2) is 0 Å². The topological polar surface area (TPSA) is 116 Å².